The molecule has 0 aromatic carbocycles. The van der Waals surface area contributed by atoms with E-state index in [0.717, 1.165) is 12.1 Å². The van der Waals surface area contributed by atoms with Gasteiger partial charge in [0, 0.05) is 12.6 Å². The highest BCUT2D eigenvalue weighted by Gasteiger charge is 2.33. The fourth-order valence-electron chi connectivity index (χ4n) is 1.72. The maximum absolute atomic E-state index is 12.7. The first-order valence-corrected chi connectivity index (χ1v) is 4.86. The highest BCUT2D eigenvalue weighted by atomic mass is 19.4. The summed E-state index contributed by atoms with van der Waals surface area (Å²) in [7, 11) is 0. The SMILES string of the molecule is NCc1ccc(=O)n2c(C(F)(F)F)cccc12. The lowest BCUT2D eigenvalue weighted by Gasteiger charge is -2.13. The van der Waals surface area contributed by atoms with Gasteiger partial charge in [0.05, 0.1) is 5.52 Å². The molecule has 0 unspecified atom stereocenters. The van der Waals surface area contributed by atoms with E-state index in [2.05, 4.69) is 0 Å². The van der Waals surface area contributed by atoms with Gasteiger partial charge in [-0.3, -0.25) is 9.20 Å². The molecule has 0 fully saturated rings. The van der Waals surface area contributed by atoms with E-state index in [1.54, 1.807) is 0 Å². The van der Waals surface area contributed by atoms with Crippen molar-refractivity contribution in [1.82, 2.24) is 4.40 Å². The van der Waals surface area contributed by atoms with Crippen LogP contribution in [-0.4, -0.2) is 4.40 Å². The van der Waals surface area contributed by atoms with Crippen LogP contribution in [0.4, 0.5) is 13.2 Å². The van der Waals surface area contributed by atoms with Gasteiger partial charge in [-0.25, -0.2) is 0 Å². The lowest BCUT2D eigenvalue weighted by Crippen LogP contribution is -2.23. The summed E-state index contributed by atoms with van der Waals surface area (Å²) in [6, 6.07) is 6.10. The molecule has 2 aromatic rings. The summed E-state index contributed by atoms with van der Waals surface area (Å²) >= 11 is 0. The molecule has 0 saturated heterocycles. The number of nitrogens with two attached hydrogens (primary N) is 1. The summed E-state index contributed by atoms with van der Waals surface area (Å²) in [4.78, 5) is 11.5. The maximum atomic E-state index is 12.7. The minimum absolute atomic E-state index is 0.0745. The molecule has 0 atom stereocenters. The number of halogens is 3. The summed E-state index contributed by atoms with van der Waals surface area (Å²) in [6.07, 6.45) is -4.57. The molecule has 0 spiro atoms. The number of fused-ring (bicyclic) bond motifs is 1. The zero-order valence-corrected chi connectivity index (χ0v) is 8.66. The lowest BCUT2D eigenvalue weighted by atomic mass is 10.2. The van der Waals surface area contributed by atoms with E-state index < -0.39 is 17.4 Å². The Hall–Kier alpha value is -1.82. The highest BCUT2D eigenvalue weighted by molar-refractivity contribution is 5.55. The minimum Gasteiger partial charge on any atom is -0.326 e. The van der Waals surface area contributed by atoms with Gasteiger partial charge < -0.3 is 5.73 Å². The molecule has 0 saturated carbocycles. The van der Waals surface area contributed by atoms with Crippen LogP contribution in [0.5, 0.6) is 0 Å². The highest BCUT2D eigenvalue weighted by Crippen LogP contribution is 2.29. The molecule has 6 heteroatoms. The van der Waals surface area contributed by atoms with Crippen molar-refractivity contribution in [3.05, 3.63) is 51.9 Å². The Morgan fingerprint density at radius 3 is 2.47 bits per heavy atom. The van der Waals surface area contributed by atoms with Crippen LogP contribution in [-0.2, 0) is 12.7 Å². The van der Waals surface area contributed by atoms with Gasteiger partial charge in [-0.05, 0) is 17.7 Å². The molecule has 3 nitrogen and oxygen atoms in total. The summed E-state index contributed by atoms with van der Waals surface area (Å²) < 4.78 is 38.9. The standard InChI is InChI=1S/C11H9F3N2O/c12-11(13,14)9-3-1-2-8-7(6-15)4-5-10(17)16(8)9/h1-5H,6,15H2. The van der Waals surface area contributed by atoms with Crippen molar-refractivity contribution >= 4 is 5.52 Å². The van der Waals surface area contributed by atoms with Gasteiger partial charge in [0.2, 0.25) is 0 Å². The topological polar surface area (TPSA) is 47.5 Å². The lowest BCUT2D eigenvalue weighted by molar-refractivity contribution is -0.142. The van der Waals surface area contributed by atoms with E-state index >= 15 is 0 Å². The average molecular weight is 242 g/mol. The molecule has 2 aromatic heterocycles. The third-order valence-electron chi connectivity index (χ3n) is 2.48. The molecular weight excluding hydrogens is 233 g/mol. The molecule has 2 N–H and O–H groups in total. The number of hydrogen-bond donors (Lipinski definition) is 1. The largest absolute Gasteiger partial charge is 0.431 e. The predicted molar refractivity (Wildman–Crippen MR) is 56.6 cm³/mol. The Labute approximate surface area is 94.3 Å². The van der Waals surface area contributed by atoms with Crippen LogP contribution in [0.3, 0.4) is 0 Å². The van der Waals surface area contributed by atoms with Crippen molar-refractivity contribution in [3.8, 4) is 0 Å². The predicted octanol–water partition coefficient (Wildman–Crippen LogP) is 1.78. The number of hydrogen-bond acceptors (Lipinski definition) is 2. The van der Waals surface area contributed by atoms with Crippen LogP contribution in [0.1, 0.15) is 11.3 Å². The second-order valence-electron chi connectivity index (χ2n) is 3.53. The summed E-state index contributed by atoms with van der Waals surface area (Å²) in [5.41, 5.74) is 4.41. The Bertz CT molecular complexity index is 616. The summed E-state index contributed by atoms with van der Waals surface area (Å²) in [5.74, 6) is 0. The second-order valence-corrected chi connectivity index (χ2v) is 3.53. The zero-order chi connectivity index (χ0) is 12.6. The van der Waals surface area contributed by atoms with Gasteiger partial charge in [-0.2, -0.15) is 13.2 Å². The van der Waals surface area contributed by atoms with Crippen LogP contribution in [0, 0.1) is 0 Å². The normalized spacial score (nSPS) is 12.0. The molecule has 90 valence electrons. The van der Waals surface area contributed by atoms with Gasteiger partial charge in [0.25, 0.3) is 5.56 Å². The molecule has 0 radical (unpaired) electrons. The van der Waals surface area contributed by atoms with E-state index in [9.17, 15) is 18.0 Å². The van der Waals surface area contributed by atoms with Crippen molar-refractivity contribution in [1.29, 1.82) is 0 Å². The monoisotopic (exact) mass is 242 g/mol. The molecule has 2 heterocycles. The Morgan fingerprint density at radius 2 is 1.88 bits per heavy atom. The van der Waals surface area contributed by atoms with Crippen LogP contribution >= 0.6 is 0 Å². The van der Waals surface area contributed by atoms with E-state index in [1.807, 2.05) is 0 Å². The second kappa shape index (κ2) is 3.89. The van der Waals surface area contributed by atoms with E-state index in [1.165, 1.54) is 18.2 Å². The first kappa shape index (κ1) is 11.7. The van der Waals surface area contributed by atoms with Crippen LogP contribution in [0.15, 0.2) is 35.1 Å². The number of alkyl halides is 3. The van der Waals surface area contributed by atoms with Gasteiger partial charge in [-0.15, -0.1) is 0 Å². The molecule has 0 aliphatic carbocycles. The molecule has 2 rings (SSSR count). The van der Waals surface area contributed by atoms with Gasteiger partial charge in [0.15, 0.2) is 0 Å². The van der Waals surface area contributed by atoms with Gasteiger partial charge >= 0.3 is 6.18 Å². The molecule has 0 aliphatic heterocycles. The fraction of sp³-hybridized carbons (Fsp3) is 0.182. The number of rotatable bonds is 1. The zero-order valence-electron chi connectivity index (χ0n) is 8.66. The Balaban J connectivity index is 2.94. The van der Waals surface area contributed by atoms with Crippen molar-refractivity contribution in [2.24, 2.45) is 5.73 Å². The third kappa shape index (κ3) is 1.91. The van der Waals surface area contributed by atoms with Crippen LogP contribution in [0.2, 0.25) is 0 Å². The van der Waals surface area contributed by atoms with E-state index in [4.69, 9.17) is 5.73 Å². The van der Waals surface area contributed by atoms with Crippen molar-refractivity contribution in [2.75, 3.05) is 0 Å². The third-order valence-corrected chi connectivity index (χ3v) is 2.48. The van der Waals surface area contributed by atoms with E-state index in [-0.39, 0.29) is 12.1 Å². The van der Waals surface area contributed by atoms with Crippen LogP contribution in [0.25, 0.3) is 5.52 Å². The molecular formula is C11H9F3N2O. The smallest absolute Gasteiger partial charge is 0.326 e. The summed E-state index contributed by atoms with van der Waals surface area (Å²) in [5, 5.41) is 0. The van der Waals surface area contributed by atoms with Crippen LogP contribution < -0.4 is 11.3 Å². The molecule has 0 aliphatic rings. The average Bonchev–Trinajstić information content (AvgIpc) is 2.28. The number of nitrogens with zero attached hydrogens (tertiary/aromatic N) is 1. The van der Waals surface area contributed by atoms with Crippen molar-refractivity contribution < 1.29 is 13.2 Å². The fourth-order valence-corrected chi connectivity index (χ4v) is 1.72. The molecule has 17 heavy (non-hydrogen) atoms. The van der Waals surface area contributed by atoms with Crippen molar-refractivity contribution in [3.63, 3.8) is 0 Å². The molecule has 0 bridgehead atoms. The first-order chi connectivity index (χ1) is 7.95. The Morgan fingerprint density at radius 1 is 1.18 bits per heavy atom. The van der Waals surface area contributed by atoms with E-state index in [0.29, 0.717) is 9.96 Å². The number of pyridine rings is 2. The maximum Gasteiger partial charge on any atom is 0.431 e. The Kier molecular flexibility index (Phi) is 2.66. The summed E-state index contributed by atoms with van der Waals surface area (Å²) in [6.45, 7) is 0.0745. The quantitative estimate of drug-likeness (QED) is 0.828. The van der Waals surface area contributed by atoms with Gasteiger partial charge in [-0.1, -0.05) is 12.1 Å². The first-order valence-electron chi connectivity index (χ1n) is 4.86. The van der Waals surface area contributed by atoms with Crippen molar-refractivity contribution in [2.45, 2.75) is 12.7 Å². The van der Waals surface area contributed by atoms with Gasteiger partial charge in [0.1, 0.15) is 5.69 Å². The minimum atomic E-state index is -4.57. The molecule has 0 amide bonds. The number of aromatic nitrogens is 1.